The minimum Gasteiger partial charge on any atom is -0.396 e. The third kappa shape index (κ3) is 6.19. The lowest BCUT2D eigenvalue weighted by atomic mass is 10.1. The number of nitrogens with zero attached hydrogens (tertiary/aromatic N) is 2. The molecule has 20 heavy (non-hydrogen) atoms. The van der Waals surface area contributed by atoms with Crippen molar-refractivity contribution in [3.63, 3.8) is 0 Å². The Balaban J connectivity index is 2.54. The van der Waals surface area contributed by atoms with Gasteiger partial charge in [0.15, 0.2) is 0 Å². The van der Waals surface area contributed by atoms with Crippen molar-refractivity contribution in [3.05, 3.63) is 11.9 Å². The summed E-state index contributed by atoms with van der Waals surface area (Å²) in [5, 5.41) is 15.6. The second-order valence-electron chi connectivity index (χ2n) is 5.19. The van der Waals surface area contributed by atoms with E-state index in [-0.39, 0.29) is 6.61 Å². The van der Waals surface area contributed by atoms with Crippen LogP contribution < -0.4 is 10.6 Å². The van der Waals surface area contributed by atoms with E-state index in [1.54, 1.807) is 0 Å². The number of aromatic nitrogens is 2. The van der Waals surface area contributed by atoms with Gasteiger partial charge in [-0.2, -0.15) is 0 Å². The molecule has 1 unspecified atom stereocenters. The van der Waals surface area contributed by atoms with Gasteiger partial charge in [0.1, 0.15) is 17.5 Å². The van der Waals surface area contributed by atoms with Crippen LogP contribution in [0.2, 0.25) is 0 Å². The van der Waals surface area contributed by atoms with Crippen LogP contribution in [0, 0.1) is 5.92 Å². The zero-order valence-electron chi connectivity index (χ0n) is 12.9. The van der Waals surface area contributed by atoms with E-state index in [9.17, 15) is 0 Å². The molecule has 1 rings (SSSR count). The molecule has 1 aromatic heterocycles. The van der Waals surface area contributed by atoms with Gasteiger partial charge in [0, 0.05) is 32.2 Å². The first kappa shape index (κ1) is 16.7. The van der Waals surface area contributed by atoms with Gasteiger partial charge in [0.05, 0.1) is 0 Å². The summed E-state index contributed by atoms with van der Waals surface area (Å²) in [6.45, 7) is 8.25. The van der Waals surface area contributed by atoms with E-state index >= 15 is 0 Å². The maximum absolute atomic E-state index is 8.99. The number of aliphatic hydroxyl groups is 1. The van der Waals surface area contributed by atoms with Crippen LogP contribution in [0.1, 0.15) is 45.9 Å². The number of hydrogen-bond donors (Lipinski definition) is 3. The summed E-state index contributed by atoms with van der Waals surface area (Å²) in [5.41, 5.74) is 0. The van der Waals surface area contributed by atoms with Crippen molar-refractivity contribution in [3.8, 4) is 0 Å². The van der Waals surface area contributed by atoms with Gasteiger partial charge in [0.25, 0.3) is 0 Å². The van der Waals surface area contributed by atoms with Crippen molar-refractivity contribution in [2.45, 2.75) is 46.5 Å². The first-order valence-corrected chi connectivity index (χ1v) is 7.66. The molecule has 0 aliphatic carbocycles. The lowest BCUT2D eigenvalue weighted by Gasteiger charge is -2.11. The van der Waals surface area contributed by atoms with E-state index in [4.69, 9.17) is 5.11 Å². The molecule has 0 aliphatic heterocycles. The Morgan fingerprint density at radius 1 is 1.20 bits per heavy atom. The molecule has 1 aromatic rings. The quantitative estimate of drug-likeness (QED) is 0.575. The fraction of sp³-hybridized carbons (Fsp3) is 0.733. The van der Waals surface area contributed by atoms with Gasteiger partial charge < -0.3 is 15.7 Å². The summed E-state index contributed by atoms with van der Waals surface area (Å²) in [6, 6.07) is 1.96. The molecule has 0 fully saturated rings. The summed E-state index contributed by atoms with van der Waals surface area (Å²) in [6.07, 6.45) is 4.00. The minimum absolute atomic E-state index is 0.263. The van der Waals surface area contributed by atoms with Crippen LogP contribution in [-0.4, -0.2) is 34.8 Å². The average Bonchev–Trinajstić information content (AvgIpc) is 2.44. The Labute approximate surface area is 122 Å². The maximum Gasteiger partial charge on any atom is 0.133 e. The molecule has 5 heteroatoms. The highest BCUT2D eigenvalue weighted by molar-refractivity contribution is 5.47. The number of rotatable bonds is 10. The van der Waals surface area contributed by atoms with Crippen molar-refractivity contribution in [2.24, 2.45) is 5.92 Å². The molecule has 114 valence electrons. The molecule has 0 aromatic carbocycles. The van der Waals surface area contributed by atoms with E-state index < -0.39 is 0 Å². The second kappa shape index (κ2) is 9.53. The van der Waals surface area contributed by atoms with E-state index in [0.29, 0.717) is 5.92 Å². The van der Waals surface area contributed by atoms with Crippen LogP contribution in [0.25, 0.3) is 0 Å². The Morgan fingerprint density at radius 2 is 1.90 bits per heavy atom. The summed E-state index contributed by atoms with van der Waals surface area (Å²) >= 11 is 0. The lowest BCUT2D eigenvalue weighted by Crippen LogP contribution is -2.10. The van der Waals surface area contributed by atoms with E-state index in [1.165, 1.54) is 0 Å². The van der Waals surface area contributed by atoms with E-state index in [0.717, 1.165) is 56.2 Å². The SMILES string of the molecule is CCCc1nc(NCC)cc(NCCCC(C)CO)n1. The molecule has 1 atom stereocenters. The van der Waals surface area contributed by atoms with Crippen LogP contribution in [0.5, 0.6) is 0 Å². The van der Waals surface area contributed by atoms with Crippen molar-refractivity contribution < 1.29 is 5.11 Å². The highest BCUT2D eigenvalue weighted by Gasteiger charge is 2.04. The van der Waals surface area contributed by atoms with Crippen LogP contribution in [-0.2, 0) is 6.42 Å². The predicted molar refractivity (Wildman–Crippen MR) is 84.2 cm³/mol. The van der Waals surface area contributed by atoms with Crippen molar-refractivity contribution >= 4 is 11.6 Å². The summed E-state index contributed by atoms with van der Waals surface area (Å²) in [7, 11) is 0. The van der Waals surface area contributed by atoms with E-state index in [1.807, 2.05) is 6.07 Å². The number of nitrogens with one attached hydrogen (secondary N) is 2. The molecule has 0 saturated heterocycles. The maximum atomic E-state index is 8.99. The fourth-order valence-electron chi connectivity index (χ4n) is 1.95. The van der Waals surface area contributed by atoms with Gasteiger partial charge in [0.2, 0.25) is 0 Å². The van der Waals surface area contributed by atoms with Gasteiger partial charge >= 0.3 is 0 Å². The molecule has 0 amide bonds. The molecule has 0 radical (unpaired) electrons. The molecule has 5 nitrogen and oxygen atoms in total. The normalized spacial score (nSPS) is 12.2. The largest absolute Gasteiger partial charge is 0.396 e. The summed E-state index contributed by atoms with van der Waals surface area (Å²) in [4.78, 5) is 9.02. The third-order valence-corrected chi connectivity index (χ3v) is 3.10. The van der Waals surface area contributed by atoms with Gasteiger partial charge in [-0.25, -0.2) is 9.97 Å². The number of hydrogen-bond acceptors (Lipinski definition) is 5. The van der Waals surface area contributed by atoms with Gasteiger partial charge in [-0.05, 0) is 32.1 Å². The minimum atomic E-state index is 0.263. The van der Waals surface area contributed by atoms with Crippen LogP contribution in [0.4, 0.5) is 11.6 Å². The third-order valence-electron chi connectivity index (χ3n) is 3.10. The Kier molecular flexibility index (Phi) is 7.95. The van der Waals surface area contributed by atoms with Gasteiger partial charge in [-0.1, -0.05) is 13.8 Å². The van der Waals surface area contributed by atoms with Crippen LogP contribution in [0.15, 0.2) is 6.07 Å². The Hall–Kier alpha value is -1.36. The van der Waals surface area contributed by atoms with Gasteiger partial charge in [-0.3, -0.25) is 0 Å². The van der Waals surface area contributed by atoms with E-state index in [2.05, 4.69) is 41.4 Å². The smallest absolute Gasteiger partial charge is 0.133 e. The Bertz CT molecular complexity index is 360. The van der Waals surface area contributed by atoms with Crippen molar-refractivity contribution in [1.82, 2.24) is 9.97 Å². The summed E-state index contributed by atoms with van der Waals surface area (Å²) < 4.78 is 0. The lowest BCUT2D eigenvalue weighted by molar-refractivity contribution is 0.229. The van der Waals surface area contributed by atoms with Gasteiger partial charge in [-0.15, -0.1) is 0 Å². The molecule has 1 heterocycles. The molecule has 0 bridgehead atoms. The number of anilines is 2. The number of aryl methyl sites for hydroxylation is 1. The van der Waals surface area contributed by atoms with Crippen LogP contribution in [0.3, 0.4) is 0 Å². The standard InChI is InChI=1S/C15H28N4O/c1-4-7-13-18-14(16-5-2)10-15(19-13)17-9-6-8-12(3)11-20/h10,12,20H,4-9,11H2,1-3H3,(H2,16,17,18,19). The average molecular weight is 280 g/mol. The Morgan fingerprint density at radius 3 is 2.50 bits per heavy atom. The van der Waals surface area contributed by atoms with Crippen molar-refractivity contribution in [1.29, 1.82) is 0 Å². The highest BCUT2D eigenvalue weighted by Crippen LogP contribution is 2.13. The summed E-state index contributed by atoms with van der Waals surface area (Å²) in [5.74, 6) is 3.03. The molecule has 0 saturated carbocycles. The monoisotopic (exact) mass is 280 g/mol. The van der Waals surface area contributed by atoms with Crippen molar-refractivity contribution in [2.75, 3.05) is 30.3 Å². The molecule has 0 spiro atoms. The molecule has 3 N–H and O–H groups in total. The van der Waals surface area contributed by atoms with Crippen LogP contribution >= 0.6 is 0 Å². The first-order chi connectivity index (χ1) is 9.69. The zero-order valence-corrected chi connectivity index (χ0v) is 12.9. The number of aliphatic hydroxyl groups excluding tert-OH is 1. The highest BCUT2D eigenvalue weighted by atomic mass is 16.3. The first-order valence-electron chi connectivity index (χ1n) is 7.66. The zero-order chi connectivity index (χ0) is 14.8. The molecule has 0 aliphatic rings. The predicted octanol–water partition coefficient (Wildman–Crippen LogP) is 2.68. The topological polar surface area (TPSA) is 70.1 Å². The molecular formula is C15H28N4O. The fourth-order valence-corrected chi connectivity index (χ4v) is 1.95. The second-order valence-corrected chi connectivity index (χ2v) is 5.19. The molecular weight excluding hydrogens is 252 g/mol.